The first-order valence-corrected chi connectivity index (χ1v) is 5.08. The maximum Gasteiger partial charge on any atom is 0.322 e. The fraction of sp³-hybridized carbons (Fsp3) is 0.364. The molecular formula is C11H15N3O. The van der Waals surface area contributed by atoms with Gasteiger partial charge in [0, 0.05) is 24.8 Å². The highest BCUT2D eigenvalue weighted by Gasteiger charge is 2.26. The van der Waals surface area contributed by atoms with E-state index in [0.29, 0.717) is 6.54 Å². The number of nitrogens with zero attached hydrogens (tertiary/aromatic N) is 1. The van der Waals surface area contributed by atoms with Gasteiger partial charge in [0.05, 0.1) is 0 Å². The molecule has 1 aromatic rings. The van der Waals surface area contributed by atoms with E-state index in [1.165, 1.54) is 0 Å². The summed E-state index contributed by atoms with van der Waals surface area (Å²) >= 11 is 0. The van der Waals surface area contributed by atoms with Crippen LogP contribution in [0.4, 0.5) is 10.5 Å². The van der Waals surface area contributed by atoms with Crippen LogP contribution < -0.4 is 16.0 Å². The highest BCUT2D eigenvalue weighted by atomic mass is 16.2. The zero-order chi connectivity index (χ0) is 10.8. The van der Waals surface area contributed by atoms with Gasteiger partial charge in [0.2, 0.25) is 0 Å². The second-order valence-electron chi connectivity index (χ2n) is 3.83. The normalized spacial score (nSPS) is 20.5. The maximum absolute atomic E-state index is 11.5. The largest absolute Gasteiger partial charge is 0.333 e. The molecule has 1 atom stereocenters. The van der Waals surface area contributed by atoms with Gasteiger partial charge in [-0.1, -0.05) is 12.1 Å². The third kappa shape index (κ3) is 1.94. The zero-order valence-corrected chi connectivity index (χ0v) is 8.73. The molecule has 1 heterocycles. The van der Waals surface area contributed by atoms with E-state index in [2.05, 4.69) is 5.32 Å². The summed E-state index contributed by atoms with van der Waals surface area (Å²) in [6.45, 7) is 3.25. The first-order valence-electron chi connectivity index (χ1n) is 5.08. The molecule has 4 nitrogen and oxygen atoms in total. The molecule has 0 bridgehead atoms. The van der Waals surface area contributed by atoms with Gasteiger partial charge in [-0.25, -0.2) is 4.79 Å². The fourth-order valence-corrected chi connectivity index (χ4v) is 1.73. The lowest BCUT2D eigenvalue weighted by Crippen LogP contribution is -2.27. The van der Waals surface area contributed by atoms with E-state index in [1.54, 1.807) is 4.90 Å². The first-order chi connectivity index (χ1) is 7.20. The van der Waals surface area contributed by atoms with Crippen molar-refractivity contribution in [1.29, 1.82) is 0 Å². The van der Waals surface area contributed by atoms with Gasteiger partial charge >= 0.3 is 6.03 Å². The second kappa shape index (κ2) is 3.90. The van der Waals surface area contributed by atoms with Crippen molar-refractivity contribution in [3.05, 3.63) is 29.8 Å². The van der Waals surface area contributed by atoms with Crippen molar-refractivity contribution in [2.24, 2.45) is 5.73 Å². The molecule has 1 saturated heterocycles. The number of nitrogens with two attached hydrogens (primary N) is 1. The Morgan fingerprint density at radius 2 is 2.13 bits per heavy atom. The lowest BCUT2D eigenvalue weighted by atomic mass is 10.2. The van der Waals surface area contributed by atoms with Gasteiger partial charge in [-0.05, 0) is 24.6 Å². The minimum Gasteiger partial charge on any atom is -0.333 e. The van der Waals surface area contributed by atoms with Crippen LogP contribution in [0.2, 0.25) is 0 Å². The van der Waals surface area contributed by atoms with Gasteiger partial charge in [0.1, 0.15) is 0 Å². The van der Waals surface area contributed by atoms with Crippen LogP contribution in [-0.4, -0.2) is 18.6 Å². The van der Waals surface area contributed by atoms with Crippen molar-refractivity contribution in [1.82, 2.24) is 5.32 Å². The topological polar surface area (TPSA) is 58.4 Å². The average molecular weight is 205 g/mol. The predicted octanol–water partition coefficient (Wildman–Crippen LogP) is 1.06. The number of carbonyl (C=O) groups excluding carboxylic acids is 1. The van der Waals surface area contributed by atoms with Gasteiger partial charge < -0.3 is 11.1 Å². The van der Waals surface area contributed by atoms with Gasteiger partial charge in [0.25, 0.3) is 0 Å². The molecule has 2 amide bonds. The zero-order valence-electron chi connectivity index (χ0n) is 8.73. The van der Waals surface area contributed by atoms with Crippen molar-refractivity contribution in [3.8, 4) is 0 Å². The molecule has 1 unspecified atom stereocenters. The van der Waals surface area contributed by atoms with Crippen molar-refractivity contribution in [2.45, 2.75) is 19.5 Å². The highest BCUT2D eigenvalue weighted by molar-refractivity contribution is 5.94. The van der Waals surface area contributed by atoms with Gasteiger partial charge in [-0.3, -0.25) is 4.90 Å². The van der Waals surface area contributed by atoms with E-state index in [1.807, 2.05) is 31.2 Å². The Kier molecular flexibility index (Phi) is 2.60. The van der Waals surface area contributed by atoms with Crippen LogP contribution in [0.15, 0.2) is 24.3 Å². The Bertz CT molecular complexity index is 361. The molecule has 1 aliphatic rings. The Morgan fingerprint density at radius 3 is 2.60 bits per heavy atom. The van der Waals surface area contributed by atoms with Crippen LogP contribution in [-0.2, 0) is 6.54 Å². The Morgan fingerprint density at radius 1 is 1.47 bits per heavy atom. The highest BCUT2D eigenvalue weighted by Crippen LogP contribution is 2.18. The molecule has 4 heteroatoms. The molecule has 1 fully saturated rings. The Labute approximate surface area is 89.1 Å². The van der Waals surface area contributed by atoms with Crippen LogP contribution in [0.5, 0.6) is 0 Å². The summed E-state index contributed by atoms with van der Waals surface area (Å²) in [4.78, 5) is 13.3. The number of anilines is 1. The molecule has 0 aromatic heterocycles. The monoisotopic (exact) mass is 205 g/mol. The van der Waals surface area contributed by atoms with E-state index in [4.69, 9.17) is 5.73 Å². The van der Waals surface area contributed by atoms with Crippen molar-refractivity contribution < 1.29 is 4.79 Å². The van der Waals surface area contributed by atoms with E-state index in [9.17, 15) is 4.79 Å². The maximum atomic E-state index is 11.5. The molecule has 1 aliphatic heterocycles. The van der Waals surface area contributed by atoms with Crippen LogP contribution in [0, 0.1) is 0 Å². The van der Waals surface area contributed by atoms with Crippen LogP contribution in [0.25, 0.3) is 0 Å². The SMILES string of the molecule is CC1CN(c2ccc(CN)cc2)C(=O)N1. The summed E-state index contributed by atoms with van der Waals surface area (Å²) in [6.07, 6.45) is 0. The molecule has 80 valence electrons. The lowest BCUT2D eigenvalue weighted by Gasteiger charge is -2.14. The number of urea groups is 1. The van der Waals surface area contributed by atoms with Crippen molar-refractivity contribution in [2.75, 3.05) is 11.4 Å². The van der Waals surface area contributed by atoms with Crippen LogP contribution >= 0.6 is 0 Å². The molecule has 0 spiro atoms. The standard InChI is InChI=1S/C11H15N3O/c1-8-7-14(11(15)13-8)10-4-2-9(6-12)3-5-10/h2-5,8H,6-7,12H2,1H3,(H,13,15). The van der Waals surface area contributed by atoms with E-state index in [0.717, 1.165) is 17.8 Å². The summed E-state index contributed by atoms with van der Waals surface area (Å²) in [6, 6.07) is 7.95. The number of benzene rings is 1. The van der Waals surface area contributed by atoms with Gasteiger partial charge in [-0.2, -0.15) is 0 Å². The summed E-state index contributed by atoms with van der Waals surface area (Å²) in [5, 5.41) is 2.86. The third-order valence-electron chi connectivity index (χ3n) is 2.56. The second-order valence-corrected chi connectivity index (χ2v) is 3.83. The predicted molar refractivity (Wildman–Crippen MR) is 59.7 cm³/mol. The van der Waals surface area contributed by atoms with Crippen LogP contribution in [0.1, 0.15) is 12.5 Å². The van der Waals surface area contributed by atoms with E-state index in [-0.39, 0.29) is 12.1 Å². The Hall–Kier alpha value is -1.55. The molecule has 2 rings (SSSR count). The summed E-state index contributed by atoms with van der Waals surface area (Å²) in [7, 11) is 0. The molecule has 1 aromatic carbocycles. The van der Waals surface area contributed by atoms with Gasteiger partial charge in [0.15, 0.2) is 0 Å². The third-order valence-corrected chi connectivity index (χ3v) is 2.56. The molecule has 15 heavy (non-hydrogen) atoms. The number of hydrogen-bond donors (Lipinski definition) is 2. The quantitative estimate of drug-likeness (QED) is 0.758. The molecule has 3 N–H and O–H groups in total. The summed E-state index contributed by atoms with van der Waals surface area (Å²) in [5.41, 5.74) is 7.51. The fourth-order valence-electron chi connectivity index (χ4n) is 1.73. The lowest BCUT2D eigenvalue weighted by molar-refractivity contribution is 0.251. The van der Waals surface area contributed by atoms with Crippen molar-refractivity contribution >= 4 is 11.7 Å². The number of carbonyl (C=O) groups is 1. The van der Waals surface area contributed by atoms with E-state index < -0.39 is 0 Å². The number of nitrogens with one attached hydrogen (secondary N) is 1. The minimum absolute atomic E-state index is 0.0250. The van der Waals surface area contributed by atoms with Crippen LogP contribution in [0.3, 0.4) is 0 Å². The molecule has 0 radical (unpaired) electrons. The van der Waals surface area contributed by atoms with Crippen molar-refractivity contribution in [3.63, 3.8) is 0 Å². The summed E-state index contributed by atoms with van der Waals surface area (Å²) < 4.78 is 0. The first kappa shape index (κ1) is 9.98. The molecule has 0 aliphatic carbocycles. The minimum atomic E-state index is -0.0250. The number of hydrogen-bond acceptors (Lipinski definition) is 2. The number of amides is 2. The van der Waals surface area contributed by atoms with E-state index >= 15 is 0 Å². The summed E-state index contributed by atoms with van der Waals surface area (Å²) in [5.74, 6) is 0. The number of rotatable bonds is 2. The smallest absolute Gasteiger partial charge is 0.322 e. The molecular weight excluding hydrogens is 190 g/mol. The average Bonchev–Trinajstić information content (AvgIpc) is 2.58. The Balaban J connectivity index is 2.19. The molecule has 0 saturated carbocycles. The van der Waals surface area contributed by atoms with Gasteiger partial charge in [-0.15, -0.1) is 0 Å².